The van der Waals surface area contributed by atoms with Gasteiger partial charge >= 0.3 is 0 Å². The molecular formula is C15H23ClN2. The SMILES string of the molecule is CCC1CCCN(Cc2ccc(CN)cc2Cl)C1. The van der Waals surface area contributed by atoms with Crippen molar-refractivity contribution in [2.24, 2.45) is 11.7 Å². The minimum Gasteiger partial charge on any atom is -0.326 e. The van der Waals surface area contributed by atoms with Crippen LogP contribution in [0.1, 0.15) is 37.3 Å². The van der Waals surface area contributed by atoms with E-state index in [0.29, 0.717) is 6.54 Å². The Kier molecular flexibility index (Phi) is 5.04. The van der Waals surface area contributed by atoms with Crippen molar-refractivity contribution in [3.63, 3.8) is 0 Å². The third-order valence-electron chi connectivity index (χ3n) is 3.93. The second kappa shape index (κ2) is 6.55. The van der Waals surface area contributed by atoms with Crippen molar-refractivity contribution in [2.45, 2.75) is 39.3 Å². The maximum Gasteiger partial charge on any atom is 0.0454 e. The average molecular weight is 267 g/mol. The lowest BCUT2D eigenvalue weighted by molar-refractivity contribution is 0.165. The molecule has 0 amide bonds. The molecule has 0 aliphatic carbocycles. The molecule has 1 unspecified atom stereocenters. The molecule has 0 spiro atoms. The van der Waals surface area contributed by atoms with E-state index in [-0.39, 0.29) is 0 Å². The van der Waals surface area contributed by atoms with E-state index in [4.69, 9.17) is 17.3 Å². The smallest absolute Gasteiger partial charge is 0.0454 e. The molecule has 0 bridgehead atoms. The van der Waals surface area contributed by atoms with E-state index < -0.39 is 0 Å². The molecule has 1 aliphatic heterocycles. The van der Waals surface area contributed by atoms with Gasteiger partial charge in [-0.2, -0.15) is 0 Å². The molecule has 2 nitrogen and oxygen atoms in total. The highest BCUT2D eigenvalue weighted by atomic mass is 35.5. The lowest BCUT2D eigenvalue weighted by Gasteiger charge is -2.32. The summed E-state index contributed by atoms with van der Waals surface area (Å²) in [6.07, 6.45) is 3.99. The fraction of sp³-hybridized carbons (Fsp3) is 0.600. The molecule has 1 aromatic carbocycles. The summed E-state index contributed by atoms with van der Waals surface area (Å²) in [7, 11) is 0. The fourth-order valence-corrected chi connectivity index (χ4v) is 2.98. The van der Waals surface area contributed by atoms with E-state index in [1.807, 2.05) is 6.07 Å². The number of hydrogen-bond donors (Lipinski definition) is 1. The van der Waals surface area contributed by atoms with Gasteiger partial charge in [0.2, 0.25) is 0 Å². The van der Waals surface area contributed by atoms with E-state index in [9.17, 15) is 0 Å². The molecule has 1 fully saturated rings. The molecule has 3 heteroatoms. The van der Waals surface area contributed by atoms with Gasteiger partial charge in [0.05, 0.1) is 0 Å². The van der Waals surface area contributed by atoms with Crippen LogP contribution in [0.2, 0.25) is 5.02 Å². The highest BCUT2D eigenvalue weighted by Crippen LogP contribution is 2.24. The minimum absolute atomic E-state index is 0.557. The van der Waals surface area contributed by atoms with Crippen molar-refractivity contribution in [3.8, 4) is 0 Å². The molecule has 18 heavy (non-hydrogen) atoms. The van der Waals surface area contributed by atoms with Gasteiger partial charge in [-0.25, -0.2) is 0 Å². The lowest BCUT2D eigenvalue weighted by atomic mass is 9.95. The van der Waals surface area contributed by atoms with Crippen LogP contribution in [-0.2, 0) is 13.1 Å². The van der Waals surface area contributed by atoms with Gasteiger partial charge in [0, 0.05) is 24.7 Å². The van der Waals surface area contributed by atoms with Gasteiger partial charge in [-0.3, -0.25) is 4.90 Å². The number of rotatable bonds is 4. The van der Waals surface area contributed by atoms with E-state index >= 15 is 0 Å². The van der Waals surface area contributed by atoms with Crippen LogP contribution in [0, 0.1) is 5.92 Å². The monoisotopic (exact) mass is 266 g/mol. The van der Waals surface area contributed by atoms with Crippen molar-refractivity contribution in [2.75, 3.05) is 13.1 Å². The number of piperidine rings is 1. The quantitative estimate of drug-likeness (QED) is 0.905. The summed E-state index contributed by atoms with van der Waals surface area (Å²) in [4.78, 5) is 2.53. The maximum atomic E-state index is 6.32. The van der Waals surface area contributed by atoms with Crippen LogP contribution < -0.4 is 5.73 Å². The Balaban J connectivity index is 2.00. The topological polar surface area (TPSA) is 29.3 Å². The van der Waals surface area contributed by atoms with Crippen LogP contribution in [0.5, 0.6) is 0 Å². The van der Waals surface area contributed by atoms with Gasteiger partial charge in [0.1, 0.15) is 0 Å². The summed E-state index contributed by atoms with van der Waals surface area (Å²) in [5, 5.41) is 0.858. The zero-order chi connectivity index (χ0) is 13.0. The van der Waals surface area contributed by atoms with Gasteiger partial charge in [0.15, 0.2) is 0 Å². The van der Waals surface area contributed by atoms with Crippen molar-refractivity contribution in [3.05, 3.63) is 34.3 Å². The number of nitrogens with two attached hydrogens (primary N) is 1. The summed E-state index contributed by atoms with van der Waals surface area (Å²) >= 11 is 6.32. The maximum absolute atomic E-state index is 6.32. The molecule has 1 atom stereocenters. The molecule has 1 aromatic rings. The first-order valence-corrected chi connectivity index (χ1v) is 7.30. The fourth-order valence-electron chi connectivity index (χ4n) is 2.72. The van der Waals surface area contributed by atoms with Crippen LogP contribution in [0.3, 0.4) is 0 Å². The van der Waals surface area contributed by atoms with E-state index in [1.54, 1.807) is 0 Å². The zero-order valence-electron chi connectivity index (χ0n) is 11.2. The van der Waals surface area contributed by atoms with E-state index in [0.717, 1.165) is 23.0 Å². The molecule has 1 heterocycles. The molecule has 2 N–H and O–H groups in total. The summed E-state index contributed by atoms with van der Waals surface area (Å²) in [6, 6.07) is 6.21. The molecule has 2 rings (SSSR count). The van der Waals surface area contributed by atoms with Gasteiger partial charge in [-0.1, -0.05) is 37.1 Å². The van der Waals surface area contributed by atoms with Crippen LogP contribution in [0.15, 0.2) is 18.2 Å². The Morgan fingerprint density at radius 2 is 2.28 bits per heavy atom. The highest BCUT2D eigenvalue weighted by Gasteiger charge is 2.19. The van der Waals surface area contributed by atoms with Crippen molar-refractivity contribution < 1.29 is 0 Å². The third kappa shape index (κ3) is 3.47. The number of likely N-dealkylation sites (tertiary alicyclic amines) is 1. The predicted molar refractivity (Wildman–Crippen MR) is 77.6 cm³/mol. The highest BCUT2D eigenvalue weighted by molar-refractivity contribution is 6.31. The predicted octanol–water partition coefficient (Wildman–Crippen LogP) is 3.42. The summed E-state index contributed by atoms with van der Waals surface area (Å²) in [5.41, 5.74) is 7.95. The van der Waals surface area contributed by atoms with Gasteiger partial charge < -0.3 is 5.73 Å². The van der Waals surface area contributed by atoms with Gasteiger partial charge in [0.25, 0.3) is 0 Å². The zero-order valence-corrected chi connectivity index (χ0v) is 11.9. The molecule has 0 saturated carbocycles. The average Bonchev–Trinajstić information content (AvgIpc) is 2.41. The first kappa shape index (κ1) is 13.9. The van der Waals surface area contributed by atoms with Gasteiger partial charge in [-0.15, -0.1) is 0 Å². The van der Waals surface area contributed by atoms with E-state index in [2.05, 4.69) is 24.0 Å². The molecule has 1 aliphatic rings. The number of halogens is 1. The van der Waals surface area contributed by atoms with Crippen LogP contribution in [0.4, 0.5) is 0 Å². The molecular weight excluding hydrogens is 244 g/mol. The standard InChI is InChI=1S/C15H23ClN2/c1-2-12-4-3-7-18(10-12)11-14-6-5-13(9-17)8-15(14)16/h5-6,8,12H,2-4,7,9-11,17H2,1H3. The summed E-state index contributed by atoms with van der Waals surface area (Å²) < 4.78 is 0. The van der Waals surface area contributed by atoms with Crippen molar-refractivity contribution >= 4 is 11.6 Å². The van der Waals surface area contributed by atoms with Crippen LogP contribution >= 0.6 is 11.6 Å². The summed E-state index contributed by atoms with van der Waals surface area (Å²) in [5.74, 6) is 0.862. The Bertz CT molecular complexity index is 392. The number of benzene rings is 1. The van der Waals surface area contributed by atoms with Crippen LogP contribution in [0.25, 0.3) is 0 Å². The second-order valence-electron chi connectivity index (χ2n) is 5.28. The lowest BCUT2D eigenvalue weighted by Crippen LogP contribution is -2.34. The van der Waals surface area contributed by atoms with Gasteiger partial charge in [-0.05, 0) is 42.5 Å². The molecule has 0 aromatic heterocycles. The summed E-state index contributed by atoms with van der Waals surface area (Å²) in [6.45, 7) is 6.23. The largest absolute Gasteiger partial charge is 0.326 e. The Morgan fingerprint density at radius 3 is 2.94 bits per heavy atom. The third-order valence-corrected chi connectivity index (χ3v) is 4.28. The number of nitrogens with zero attached hydrogens (tertiary/aromatic N) is 1. The Morgan fingerprint density at radius 1 is 1.44 bits per heavy atom. The normalized spacial score (nSPS) is 21.2. The van der Waals surface area contributed by atoms with Crippen molar-refractivity contribution in [1.29, 1.82) is 0 Å². The van der Waals surface area contributed by atoms with Crippen molar-refractivity contribution in [1.82, 2.24) is 4.90 Å². The van der Waals surface area contributed by atoms with Crippen LogP contribution in [-0.4, -0.2) is 18.0 Å². The first-order valence-electron chi connectivity index (χ1n) is 6.92. The molecule has 0 radical (unpaired) electrons. The Labute approximate surface area is 115 Å². The molecule has 100 valence electrons. The second-order valence-corrected chi connectivity index (χ2v) is 5.69. The molecule has 1 saturated heterocycles. The minimum atomic E-state index is 0.557. The first-order chi connectivity index (χ1) is 8.72. The van der Waals surface area contributed by atoms with E-state index in [1.165, 1.54) is 37.9 Å². The Hall–Kier alpha value is -0.570. The number of hydrogen-bond acceptors (Lipinski definition) is 2.